The molecular formula is C29H30N2O3. The molecule has 0 saturated carbocycles. The highest BCUT2D eigenvalue weighted by atomic mass is 16.5. The van der Waals surface area contributed by atoms with Gasteiger partial charge in [0.1, 0.15) is 11.4 Å². The van der Waals surface area contributed by atoms with E-state index in [1.54, 1.807) is 0 Å². The zero-order valence-electron chi connectivity index (χ0n) is 20.3. The van der Waals surface area contributed by atoms with Crippen molar-refractivity contribution in [1.82, 2.24) is 0 Å². The molecular weight excluding hydrogens is 424 g/mol. The zero-order valence-corrected chi connectivity index (χ0v) is 20.3. The van der Waals surface area contributed by atoms with Gasteiger partial charge in [-0.15, -0.1) is 0 Å². The molecule has 1 aliphatic rings. The third-order valence-electron chi connectivity index (χ3n) is 5.98. The average Bonchev–Trinajstić information content (AvgIpc) is 3.07. The number of imide groups is 1. The van der Waals surface area contributed by atoms with Gasteiger partial charge in [-0.05, 0) is 87.7 Å². The van der Waals surface area contributed by atoms with Crippen molar-refractivity contribution in [1.29, 1.82) is 0 Å². The standard InChI is InChI=1S/C29H30N2O3/c1-6-30(23-10-8-7-9-11-23)27-26(22-13-16-25(17-14-22)34-19(2)3)28(32)31(29(27)33)24-15-12-20(4)21(5)18-24/h7-19H,6H2,1-5H3. The van der Waals surface area contributed by atoms with Crippen LogP contribution in [0, 0.1) is 13.8 Å². The Labute approximate surface area is 201 Å². The van der Waals surface area contributed by atoms with Crippen molar-refractivity contribution < 1.29 is 14.3 Å². The summed E-state index contributed by atoms with van der Waals surface area (Å²) in [7, 11) is 0. The molecule has 5 heteroatoms. The van der Waals surface area contributed by atoms with Gasteiger partial charge in [0.25, 0.3) is 11.8 Å². The molecule has 3 aromatic carbocycles. The van der Waals surface area contributed by atoms with E-state index >= 15 is 0 Å². The molecule has 0 unspecified atom stereocenters. The summed E-state index contributed by atoms with van der Waals surface area (Å²) in [6.45, 7) is 10.4. The summed E-state index contributed by atoms with van der Waals surface area (Å²) >= 11 is 0. The maximum Gasteiger partial charge on any atom is 0.282 e. The molecule has 0 saturated heterocycles. The van der Waals surface area contributed by atoms with Crippen molar-refractivity contribution >= 4 is 28.8 Å². The van der Waals surface area contributed by atoms with Gasteiger partial charge >= 0.3 is 0 Å². The Bertz CT molecular complexity index is 1240. The van der Waals surface area contributed by atoms with Gasteiger partial charge in [-0.25, -0.2) is 4.90 Å². The van der Waals surface area contributed by atoms with Gasteiger partial charge in [-0.2, -0.15) is 0 Å². The molecule has 0 N–H and O–H groups in total. The predicted molar refractivity (Wildman–Crippen MR) is 137 cm³/mol. The topological polar surface area (TPSA) is 49.9 Å². The molecule has 5 nitrogen and oxygen atoms in total. The highest BCUT2D eigenvalue weighted by molar-refractivity contribution is 6.46. The van der Waals surface area contributed by atoms with Gasteiger partial charge in [0.15, 0.2) is 0 Å². The first-order valence-corrected chi connectivity index (χ1v) is 11.6. The van der Waals surface area contributed by atoms with Crippen molar-refractivity contribution in [2.75, 3.05) is 16.3 Å². The monoisotopic (exact) mass is 454 g/mol. The number of likely N-dealkylation sites (N-methyl/N-ethyl adjacent to an activating group) is 1. The first-order valence-electron chi connectivity index (χ1n) is 11.6. The Morgan fingerprint density at radius 1 is 0.853 bits per heavy atom. The molecule has 0 fully saturated rings. The molecule has 0 atom stereocenters. The molecule has 0 bridgehead atoms. The lowest BCUT2D eigenvalue weighted by atomic mass is 10.0. The van der Waals surface area contributed by atoms with Crippen molar-refractivity contribution in [2.24, 2.45) is 0 Å². The Morgan fingerprint density at radius 3 is 2.12 bits per heavy atom. The number of rotatable bonds is 7. The van der Waals surface area contributed by atoms with E-state index in [1.807, 2.05) is 112 Å². The van der Waals surface area contributed by atoms with Gasteiger partial charge in [-0.3, -0.25) is 9.59 Å². The molecule has 3 aromatic rings. The minimum absolute atomic E-state index is 0.0456. The highest BCUT2D eigenvalue weighted by Crippen LogP contribution is 2.37. The summed E-state index contributed by atoms with van der Waals surface area (Å²) in [4.78, 5) is 30.9. The molecule has 174 valence electrons. The van der Waals surface area contributed by atoms with Crippen LogP contribution in [0.2, 0.25) is 0 Å². The fraction of sp³-hybridized carbons (Fsp3) is 0.241. The number of carbonyl (C=O) groups excluding carboxylic acids is 2. The molecule has 0 radical (unpaired) electrons. The minimum Gasteiger partial charge on any atom is -0.491 e. The minimum atomic E-state index is -0.324. The van der Waals surface area contributed by atoms with E-state index in [0.29, 0.717) is 29.1 Å². The second-order valence-corrected chi connectivity index (χ2v) is 8.71. The maximum absolute atomic E-state index is 13.9. The molecule has 0 spiro atoms. The van der Waals surface area contributed by atoms with Crippen LogP contribution in [0.3, 0.4) is 0 Å². The number of anilines is 2. The van der Waals surface area contributed by atoms with Gasteiger partial charge in [0.05, 0.1) is 17.4 Å². The molecule has 1 aliphatic heterocycles. The molecule has 1 heterocycles. The summed E-state index contributed by atoms with van der Waals surface area (Å²) < 4.78 is 5.77. The summed E-state index contributed by atoms with van der Waals surface area (Å²) in [5, 5.41) is 0. The Hall–Kier alpha value is -3.86. The SMILES string of the molecule is CCN(C1=C(c2ccc(OC(C)C)cc2)C(=O)N(c2ccc(C)c(C)c2)C1=O)c1ccccc1. The molecule has 2 amide bonds. The fourth-order valence-corrected chi connectivity index (χ4v) is 4.18. The lowest BCUT2D eigenvalue weighted by molar-refractivity contribution is -0.120. The molecule has 0 aliphatic carbocycles. The molecule has 34 heavy (non-hydrogen) atoms. The van der Waals surface area contributed by atoms with Crippen LogP contribution in [0.25, 0.3) is 5.57 Å². The second kappa shape index (κ2) is 9.56. The van der Waals surface area contributed by atoms with Crippen LogP contribution in [-0.2, 0) is 9.59 Å². The number of hydrogen-bond acceptors (Lipinski definition) is 4. The van der Waals surface area contributed by atoms with E-state index in [9.17, 15) is 9.59 Å². The summed E-state index contributed by atoms with van der Waals surface area (Å²) in [6.07, 6.45) is 0.0456. The number of benzene rings is 3. The van der Waals surface area contributed by atoms with Gasteiger partial charge in [0.2, 0.25) is 0 Å². The van der Waals surface area contributed by atoms with Crippen molar-refractivity contribution in [3.05, 3.63) is 95.2 Å². The fourth-order valence-electron chi connectivity index (χ4n) is 4.18. The van der Waals surface area contributed by atoms with E-state index in [0.717, 1.165) is 22.6 Å². The Morgan fingerprint density at radius 2 is 1.53 bits per heavy atom. The second-order valence-electron chi connectivity index (χ2n) is 8.71. The van der Waals surface area contributed by atoms with Crippen LogP contribution in [0.15, 0.2) is 78.5 Å². The van der Waals surface area contributed by atoms with Gasteiger partial charge < -0.3 is 9.64 Å². The van der Waals surface area contributed by atoms with E-state index in [2.05, 4.69) is 0 Å². The molecule has 4 rings (SSSR count). The van der Waals surface area contributed by atoms with Gasteiger partial charge in [0, 0.05) is 12.2 Å². The van der Waals surface area contributed by atoms with Crippen LogP contribution in [-0.4, -0.2) is 24.5 Å². The van der Waals surface area contributed by atoms with E-state index < -0.39 is 0 Å². The third kappa shape index (κ3) is 4.34. The lowest BCUT2D eigenvalue weighted by Crippen LogP contribution is -2.35. The van der Waals surface area contributed by atoms with E-state index in [-0.39, 0.29) is 17.9 Å². The number of para-hydroxylation sites is 1. The van der Waals surface area contributed by atoms with Crippen LogP contribution in [0.5, 0.6) is 5.75 Å². The number of ether oxygens (including phenoxy) is 1. The van der Waals surface area contributed by atoms with Crippen LogP contribution < -0.4 is 14.5 Å². The largest absolute Gasteiger partial charge is 0.491 e. The lowest BCUT2D eigenvalue weighted by Gasteiger charge is -2.25. The first-order chi connectivity index (χ1) is 16.3. The number of hydrogen-bond donors (Lipinski definition) is 0. The summed E-state index contributed by atoms with van der Waals surface area (Å²) in [5.74, 6) is 0.0747. The first kappa shape index (κ1) is 23.3. The Kier molecular flexibility index (Phi) is 6.55. The normalized spacial score (nSPS) is 13.8. The van der Waals surface area contributed by atoms with Crippen molar-refractivity contribution in [2.45, 2.75) is 40.7 Å². The maximum atomic E-state index is 13.9. The number of amides is 2. The Balaban J connectivity index is 1.86. The van der Waals surface area contributed by atoms with Crippen molar-refractivity contribution in [3.63, 3.8) is 0 Å². The average molecular weight is 455 g/mol. The van der Waals surface area contributed by atoms with Gasteiger partial charge in [-0.1, -0.05) is 36.4 Å². The number of aryl methyl sites for hydroxylation is 2. The predicted octanol–water partition coefficient (Wildman–Crippen LogP) is 5.90. The quantitative estimate of drug-likeness (QED) is 0.417. The highest BCUT2D eigenvalue weighted by Gasteiger charge is 2.42. The molecule has 0 aromatic heterocycles. The smallest absolute Gasteiger partial charge is 0.282 e. The van der Waals surface area contributed by atoms with Crippen LogP contribution >= 0.6 is 0 Å². The van der Waals surface area contributed by atoms with E-state index in [1.165, 1.54) is 4.90 Å². The van der Waals surface area contributed by atoms with Crippen LogP contribution in [0.1, 0.15) is 37.5 Å². The van der Waals surface area contributed by atoms with Crippen LogP contribution in [0.4, 0.5) is 11.4 Å². The van der Waals surface area contributed by atoms with E-state index in [4.69, 9.17) is 4.74 Å². The summed E-state index contributed by atoms with van der Waals surface area (Å²) in [6, 6.07) is 22.7. The number of carbonyl (C=O) groups is 2. The van der Waals surface area contributed by atoms with Crippen molar-refractivity contribution in [3.8, 4) is 5.75 Å². The summed E-state index contributed by atoms with van der Waals surface area (Å²) in [5.41, 5.74) is 5.04. The number of nitrogens with zero attached hydrogens (tertiary/aromatic N) is 2. The third-order valence-corrected chi connectivity index (χ3v) is 5.98. The zero-order chi connectivity index (χ0) is 24.4.